The zero-order valence-electron chi connectivity index (χ0n) is 10.1. The van der Waals surface area contributed by atoms with E-state index in [1.165, 1.54) is 6.07 Å². The molecule has 0 saturated heterocycles. The molecule has 1 aromatic heterocycles. The number of hydrogen-bond donors (Lipinski definition) is 2. The first-order valence-electron chi connectivity index (χ1n) is 5.59. The number of para-hydroxylation sites is 1. The third-order valence-corrected chi connectivity index (χ3v) is 2.53. The number of aromatic nitrogens is 3. The van der Waals surface area contributed by atoms with Crippen molar-refractivity contribution in [3.63, 3.8) is 0 Å². The number of halogens is 1. The van der Waals surface area contributed by atoms with Crippen LogP contribution in [-0.2, 0) is 6.42 Å². The molecule has 0 spiro atoms. The molecule has 0 aliphatic carbocycles. The number of amides is 1. The van der Waals surface area contributed by atoms with Crippen molar-refractivity contribution in [1.82, 2.24) is 15.2 Å². The van der Waals surface area contributed by atoms with E-state index in [9.17, 15) is 9.18 Å². The first kappa shape index (κ1) is 12.2. The molecule has 1 aromatic carbocycles. The van der Waals surface area contributed by atoms with Crippen LogP contribution in [0, 0.1) is 12.7 Å². The molecule has 0 aliphatic heterocycles. The maximum Gasteiger partial charge on any atom is 0.295 e. The fourth-order valence-corrected chi connectivity index (χ4v) is 1.51. The van der Waals surface area contributed by atoms with Gasteiger partial charge in [-0.2, -0.15) is 0 Å². The van der Waals surface area contributed by atoms with Crippen molar-refractivity contribution in [2.75, 3.05) is 5.32 Å². The smallest absolute Gasteiger partial charge is 0.295 e. The molecule has 1 amide bonds. The van der Waals surface area contributed by atoms with E-state index in [1.54, 1.807) is 19.1 Å². The van der Waals surface area contributed by atoms with Crippen LogP contribution in [0.3, 0.4) is 0 Å². The first-order chi connectivity index (χ1) is 8.61. The predicted molar refractivity (Wildman–Crippen MR) is 64.9 cm³/mol. The molecule has 0 saturated carbocycles. The van der Waals surface area contributed by atoms with E-state index in [1.807, 2.05) is 6.92 Å². The summed E-state index contributed by atoms with van der Waals surface area (Å²) in [6.07, 6.45) is 0.652. The Labute approximate surface area is 103 Å². The minimum absolute atomic E-state index is 0.00880. The van der Waals surface area contributed by atoms with Gasteiger partial charge in [0, 0.05) is 6.42 Å². The van der Waals surface area contributed by atoms with Gasteiger partial charge in [0.05, 0.1) is 5.69 Å². The van der Waals surface area contributed by atoms with Gasteiger partial charge in [-0.15, -0.1) is 5.10 Å². The Hall–Kier alpha value is -2.24. The Morgan fingerprint density at radius 3 is 2.89 bits per heavy atom. The quantitative estimate of drug-likeness (QED) is 0.873. The summed E-state index contributed by atoms with van der Waals surface area (Å²) in [7, 11) is 0. The van der Waals surface area contributed by atoms with Gasteiger partial charge < -0.3 is 5.32 Å². The van der Waals surface area contributed by atoms with Crippen LogP contribution in [0.4, 0.5) is 10.1 Å². The van der Waals surface area contributed by atoms with Gasteiger partial charge in [0.1, 0.15) is 11.6 Å². The largest absolute Gasteiger partial charge is 0.316 e. The number of hydrogen-bond acceptors (Lipinski definition) is 3. The highest BCUT2D eigenvalue weighted by molar-refractivity contribution is 6.01. The lowest BCUT2D eigenvalue weighted by molar-refractivity contribution is 0.101. The van der Waals surface area contributed by atoms with Gasteiger partial charge in [0.25, 0.3) is 5.91 Å². The molecule has 2 aromatic rings. The summed E-state index contributed by atoms with van der Waals surface area (Å²) in [5.41, 5.74) is 0.806. The van der Waals surface area contributed by atoms with Crippen LogP contribution in [0.5, 0.6) is 0 Å². The predicted octanol–water partition coefficient (Wildman–Crippen LogP) is 2.07. The highest BCUT2D eigenvalue weighted by atomic mass is 19.1. The molecule has 0 radical (unpaired) electrons. The second-order valence-corrected chi connectivity index (χ2v) is 3.85. The topological polar surface area (TPSA) is 70.7 Å². The van der Waals surface area contributed by atoms with Gasteiger partial charge in [0.15, 0.2) is 0 Å². The van der Waals surface area contributed by atoms with Crippen molar-refractivity contribution in [2.45, 2.75) is 20.3 Å². The van der Waals surface area contributed by atoms with E-state index in [0.717, 1.165) is 0 Å². The van der Waals surface area contributed by atoms with Gasteiger partial charge in [-0.3, -0.25) is 9.89 Å². The van der Waals surface area contributed by atoms with Crippen LogP contribution in [-0.4, -0.2) is 21.1 Å². The summed E-state index contributed by atoms with van der Waals surface area (Å²) in [4.78, 5) is 15.8. The normalized spacial score (nSPS) is 10.4. The number of anilines is 1. The molecule has 18 heavy (non-hydrogen) atoms. The molecule has 0 fully saturated rings. The lowest BCUT2D eigenvalue weighted by atomic mass is 10.2. The summed E-state index contributed by atoms with van der Waals surface area (Å²) in [5.74, 6) is -0.381. The molecule has 6 heteroatoms. The van der Waals surface area contributed by atoms with Crippen LogP contribution in [0.25, 0.3) is 0 Å². The second-order valence-electron chi connectivity index (χ2n) is 3.85. The van der Waals surface area contributed by atoms with E-state index in [2.05, 4.69) is 20.5 Å². The SMILES string of the molecule is CCc1nc(C(=O)Nc2c(C)cccc2F)n[nH]1. The van der Waals surface area contributed by atoms with Crippen molar-refractivity contribution in [3.8, 4) is 0 Å². The number of H-pyrrole nitrogens is 1. The van der Waals surface area contributed by atoms with Crippen LogP contribution in [0.15, 0.2) is 18.2 Å². The zero-order chi connectivity index (χ0) is 13.1. The molecule has 0 bridgehead atoms. The lowest BCUT2D eigenvalue weighted by Crippen LogP contribution is -2.15. The van der Waals surface area contributed by atoms with E-state index < -0.39 is 11.7 Å². The fraction of sp³-hybridized carbons (Fsp3) is 0.250. The average molecular weight is 248 g/mol. The summed E-state index contributed by atoms with van der Waals surface area (Å²) in [5, 5.41) is 8.88. The van der Waals surface area contributed by atoms with Crippen LogP contribution < -0.4 is 5.32 Å². The molecule has 2 N–H and O–H groups in total. The van der Waals surface area contributed by atoms with E-state index in [-0.39, 0.29) is 11.5 Å². The second kappa shape index (κ2) is 4.95. The number of rotatable bonds is 3. The molecular formula is C12H13FN4O. The fourth-order valence-electron chi connectivity index (χ4n) is 1.51. The molecule has 0 atom stereocenters. The molecule has 0 aliphatic rings. The van der Waals surface area contributed by atoms with Crippen molar-refractivity contribution in [2.24, 2.45) is 0 Å². The summed E-state index contributed by atoms with van der Waals surface area (Å²) < 4.78 is 13.5. The van der Waals surface area contributed by atoms with Crippen LogP contribution >= 0.6 is 0 Å². The van der Waals surface area contributed by atoms with Gasteiger partial charge in [0.2, 0.25) is 5.82 Å². The third-order valence-electron chi connectivity index (χ3n) is 2.53. The highest BCUT2D eigenvalue weighted by Crippen LogP contribution is 2.19. The number of aromatic amines is 1. The minimum Gasteiger partial charge on any atom is -0.316 e. The van der Waals surface area contributed by atoms with Crippen molar-refractivity contribution in [3.05, 3.63) is 41.2 Å². The molecule has 94 valence electrons. The number of nitrogens with zero attached hydrogens (tertiary/aromatic N) is 2. The molecule has 0 unspecified atom stereocenters. The van der Waals surface area contributed by atoms with Crippen LogP contribution in [0.2, 0.25) is 0 Å². The molecule has 2 rings (SSSR count). The zero-order valence-corrected chi connectivity index (χ0v) is 10.1. The van der Waals surface area contributed by atoms with Crippen LogP contribution in [0.1, 0.15) is 28.9 Å². The van der Waals surface area contributed by atoms with E-state index >= 15 is 0 Å². The monoisotopic (exact) mass is 248 g/mol. The maximum atomic E-state index is 13.5. The molecule has 5 nitrogen and oxygen atoms in total. The molecular weight excluding hydrogens is 235 g/mol. The maximum absolute atomic E-state index is 13.5. The summed E-state index contributed by atoms with van der Waals surface area (Å²) in [6, 6.07) is 4.59. The summed E-state index contributed by atoms with van der Waals surface area (Å²) in [6.45, 7) is 3.61. The van der Waals surface area contributed by atoms with E-state index in [4.69, 9.17) is 0 Å². The first-order valence-corrected chi connectivity index (χ1v) is 5.59. The van der Waals surface area contributed by atoms with Crippen molar-refractivity contribution in [1.29, 1.82) is 0 Å². The standard InChI is InChI=1S/C12H13FN4O/c1-3-9-14-11(17-16-9)12(18)15-10-7(2)5-4-6-8(10)13/h4-6H,3H2,1-2H3,(H,15,18)(H,14,16,17). The minimum atomic E-state index is -0.529. The Bertz CT molecular complexity index is 559. The number of carbonyl (C=O) groups excluding carboxylic acids is 1. The Balaban J connectivity index is 2.21. The Kier molecular flexibility index (Phi) is 3.36. The number of benzene rings is 1. The Morgan fingerprint density at radius 2 is 2.28 bits per heavy atom. The van der Waals surface area contributed by atoms with Gasteiger partial charge in [-0.25, -0.2) is 9.37 Å². The third kappa shape index (κ3) is 2.37. The Morgan fingerprint density at radius 1 is 1.50 bits per heavy atom. The number of nitrogens with one attached hydrogen (secondary N) is 2. The lowest BCUT2D eigenvalue weighted by Gasteiger charge is -2.07. The van der Waals surface area contributed by atoms with Crippen molar-refractivity contribution < 1.29 is 9.18 Å². The van der Waals surface area contributed by atoms with Gasteiger partial charge in [-0.05, 0) is 18.6 Å². The van der Waals surface area contributed by atoms with Gasteiger partial charge >= 0.3 is 0 Å². The van der Waals surface area contributed by atoms with E-state index in [0.29, 0.717) is 17.8 Å². The average Bonchev–Trinajstić information content (AvgIpc) is 2.82. The van der Waals surface area contributed by atoms with Gasteiger partial charge in [-0.1, -0.05) is 19.1 Å². The number of aryl methyl sites for hydroxylation is 2. The summed E-state index contributed by atoms with van der Waals surface area (Å²) >= 11 is 0. The number of carbonyl (C=O) groups is 1. The van der Waals surface area contributed by atoms with Crippen molar-refractivity contribution >= 4 is 11.6 Å². The molecule has 1 heterocycles. The highest BCUT2D eigenvalue weighted by Gasteiger charge is 2.15.